The number of rotatable bonds is 3. The number of benzene rings is 1. The molecule has 1 aromatic carbocycles. The normalized spacial score (nSPS) is 12.5. The number of alkyl halides is 3. The molecule has 0 aliphatic heterocycles. The molecular formula is C14H10F3N3O3S. The fourth-order valence-electron chi connectivity index (χ4n) is 2.13. The topological polar surface area (TPSA) is 84.9 Å². The van der Waals surface area contributed by atoms with E-state index in [2.05, 4.69) is 19.4 Å². The van der Waals surface area contributed by atoms with Gasteiger partial charge in [0.1, 0.15) is 5.75 Å². The maximum absolute atomic E-state index is 12.4. The number of pyridine rings is 1. The smallest absolute Gasteiger partial charge is 0.376 e. The molecule has 0 saturated carbocycles. The molecule has 0 radical (unpaired) electrons. The van der Waals surface area contributed by atoms with Crippen molar-refractivity contribution in [2.24, 2.45) is 0 Å². The fraction of sp³-hybridized carbons (Fsp3) is 0.143. The third kappa shape index (κ3) is 2.92. The number of aromatic nitrogens is 3. The first-order valence-corrected chi connectivity index (χ1v) is 7.99. The molecule has 0 aliphatic carbocycles. The molecule has 0 saturated heterocycles. The second-order valence-electron chi connectivity index (χ2n) is 4.95. The summed E-state index contributed by atoms with van der Waals surface area (Å²) in [6.45, 7) is 1.78. The molecule has 1 N–H and O–H groups in total. The maximum Gasteiger partial charge on any atom is 0.534 e. The molecule has 0 bridgehead atoms. The van der Waals surface area contributed by atoms with Crippen LogP contribution in [0.2, 0.25) is 0 Å². The van der Waals surface area contributed by atoms with Crippen LogP contribution in [0, 0.1) is 6.92 Å². The molecule has 10 heteroatoms. The SMILES string of the molecule is Cc1n[nH]cc1-c1cnc2ccc(OS(=O)(=O)C(F)(F)F)cc2c1. The van der Waals surface area contributed by atoms with Crippen LogP contribution in [0.1, 0.15) is 5.69 Å². The Morgan fingerprint density at radius 3 is 2.58 bits per heavy atom. The van der Waals surface area contributed by atoms with Crippen molar-refractivity contribution in [2.45, 2.75) is 12.4 Å². The Morgan fingerprint density at radius 1 is 1.21 bits per heavy atom. The number of aromatic amines is 1. The minimum absolute atomic E-state index is 0.433. The standard InChI is InChI=1S/C14H10F3N3O3S/c1-8-12(7-19-20-8)10-4-9-5-11(2-3-13(9)18-6-10)23-24(21,22)14(15,16)17/h2-7H,1H3,(H,19,20). The minimum Gasteiger partial charge on any atom is -0.376 e. The number of nitrogens with one attached hydrogen (secondary N) is 1. The number of hydrogen-bond acceptors (Lipinski definition) is 5. The highest BCUT2D eigenvalue weighted by Gasteiger charge is 2.48. The predicted molar refractivity (Wildman–Crippen MR) is 79.7 cm³/mol. The third-order valence-corrected chi connectivity index (χ3v) is 4.26. The van der Waals surface area contributed by atoms with Crippen molar-refractivity contribution in [1.82, 2.24) is 15.2 Å². The zero-order valence-electron chi connectivity index (χ0n) is 12.1. The third-order valence-electron chi connectivity index (χ3n) is 3.28. The van der Waals surface area contributed by atoms with Crippen LogP contribution in [-0.4, -0.2) is 29.1 Å². The van der Waals surface area contributed by atoms with E-state index < -0.39 is 21.4 Å². The van der Waals surface area contributed by atoms with Gasteiger partial charge in [-0.2, -0.15) is 26.7 Å². The van der Waals surface area contributed by atoms with Crippen molar-refractivity contribution in [1.29, 1.82) is 0 Å². The molecule has 0 atom stereocenters. The first-order chi connectivity index (χ1) is 11.2. The number of halogens is 3. The Morgan fingerprint density at radius 2 is 1.96 bits per heavy atom. The van der Waals surface area contributed by atoms with Crippen molar-refractivity contribution in [3.8, 4) is 16.9 Å². The lowest BCUT2D eigenvalue weighted by molar-refractivity contribution is -0.0500. The summed E-state index contributed by atoms with van der Waals surface area (Å²) in [6.07, 6.45) is 3.25. The zero-order chi connectivity index (χ0) is 17.5. The summed E-state index contributed by atoms with van der Waals surface area (Å²) < 4.78 is 63.5. The van der Waals surface area contributed by atoms with Crippen LogP contribution < -0.4 is 4.18 Å². The van der Waals surface area contributed by atoms with Gasteiger partial charge in [-0.1, -0.05) is 0 Å². The van der Waals surface area contributed by atoms with E-state index in [1.165, 1.54) is 12.1 Å². The quantitative estimate of drug-likeness (QED) is 0.575. The molecule has 2 heterocycles. The van der Waals surface area contributed by atoms with Gasteiger partial charge in [0, 0.05) is 28.9 Å². The van der Waals surface area contributed by atoms with E-state index in [0.29, 0.717) is 16.5 Å². The molecule has 24 heavy (non-hydrogen) atoms. The minimum atomic E-state index is -5.71. The average Bonchev–Trinajstić information content (AvgIpc) is 2.91. The Bertz CT molecular complexity index is 1010. The van der Waals surface area contributed by atoms with E-state index in [0.717, 1.165) is 17.3 Å². The van der Waals surface area contributed by atoms with Crippen LogP contribution in [0.3, 0.4) is 0 Å². The van der Waals surface area contributed by atoms with Gasteiger partial charge in [0.05, 0.1) is 11.2 Å². The lowest BCUT2D eigenvalue weighted by Gasteiger charge is -2.10. The highest BCUT2D eigenvalue weighted by atomic mass is 32.2. The van der Waals surface area contributed by atoms with E-state index in [1.54, 1.807) is 25.4 Å². The van der Waals surface area contributed by atoms with Gasteiger partial charge >= 0.3 is 15.6 Å². The zero-order valence-corrected chi connectivity index (χ0v) is 12.9. The Hall–Kier alpha value is -2.62. The molecule has 0 spiro atoms. The number of hydrogen-bond donors (Lipinski definition) is 1. The van der Waals surface area contributed by atoms with Crippen molar-refractivity contribution >= 4 is 21.0 Å². The summed E-state index contributed by atoms with van der Waals surface area (Å²) in [5, 5.41) is 7.11. The summed E-state index contributed by atoms with van der Waals surface area (Å²) in [5.41, 5.74) is -2.82. The van der Waals surface area contributed by atoms with E-state index in [-0.39, 0.29) is 0 Å². The Kier molecular flexibility index (Phi) is 3.71. The largest absolute Gasteiger partial charge is 0.534 e. The van der Waals surface area contributed by atoms with E-state index >= 15 is 0 Å². The van der Waals surface area contributed by atoms with E-state index in [9.17, 15) is 21.6 Å². The molecule has 6 nitrogen and oxygen atoms in total. The molecule has 3 aromatic rings. The molecule has 0 aliphatic rings. The van der Waals surface area contributed by atoms with Gasteiger partial charge in [-0.25, -0.2) is 0 Å². The molecular weight excluding hydrogens is 347 g/mol. The summed E-state index contributed by atoms with van der Waals surface area (Å²) in [7, 11) is -5.71. The Balaban J connectivity index is 2.03. The molecule has 3 rings (SSSR count). The van der Waals surface area contributed by atoms with Crippen LogP contribution in [0.25, 0.3) is 22.0 Å². The second kappa shape index (κ2) is 5.48. The lowest BCUT2D eigenvalue weighted by atomic mass is 10.1. The number of fused-ring (bicyclic) bond motifs is 1. The van der Waals surface area contributed by atoms with Gasteiger partial charge in [-0.05, 0) is 31.2 Å². The average molecular weight is 357 g/mol. The number of nitrogens with zero attached hydrogens (tertiary/aromatic N) is 2. The summed E-state index contributed by atoms with van der Waals surface area (Å²) in [5.74, 6) is -0.442. The van der Waals surface area contributed by atoms with Crippen LogP contribution in [-0.2, 0) is 10.1 Å². The van der Waals surface area contributed by atoms with Crippen LogP contribution in [0.5, 0.6) is 5.75 Å². The first-order valence-electron chi connectivity index (χ1n) is 6.59. The van der Waals surface area contributed by atoms with Crippen molar-refractivity contribution < 1.29 is 25.8 Å². The van der Waals surface area contributed by atoms with Gasteiger partial charge in [0.25, 0.3) is 0 Å². The fourth-order valence-corrected chi connectivity index (χ4v) is 2.58. The summed E-state index contributed by atoms with van der Waals surface area (Å²) in [4.78, 5) is 4.20. The van der Waals surface area contributed by atoms with Crippen molar-refractivity contribution in [3.05, 3.63) is 42.4 Å². The van der Waals surface area contributed by atoms with Crippen molar-refractivity contribution in [2.75, 3.05) is 0 Å². The highest BCUT2D eigenvalue weighted by Crippen LogP contribution is 2.30. The van der Waals surface area contributed by atoms with Gasteiger partial charge in [0.2, 0.25) is 0 Å². The van der Waals surface area contributed by atoms with Gasteiger partial charge in [-0.3, -0.25) is 10.1 Å². The molecule has 126 valence electrons. The van der Waals surface area contributed by atoms with Crippen LogP contribution >= 0.6 is 0 Å². The molecule has 0 unspecified atom stereocenters. The lowest BCUT2D eigenvalue weighted by Crippen LogP contribution is -2.28. The first kappa shape index (κ1) is 16.2. The second-order valence-corrected chi connectivity index (χ2v) is 6.48. The van der Waals surface area contributed by atoms with Crippen molar-refractivity contribution in [3.63, 3.8) is 0 Å². The van der Waals surface area contributed by atoms with Crippen LogP contribution in [0.4, 0.5) is 13.2 Å². The monoisotopic (exact) mass is 357 g/mol. The molecule has 0 fully saturated rings. The Labute approximate surface area is 134 Å². The van der Waals surface area contributed by atoms with Gasteiger partial charge in [-0.15, -0.1) is 0 Å². The van der Waals surface area contributed by atoms with Gasteiger partial charge < -0.3 is 4.18 Å². The maximum atomic E-state index is 12.4. The summed E-state index contributed by atoms with van der Waals surface area (Å²) >= 11 is 0. The molecule has 2 aromatic heterocycles. The van der Waals surface area contributed by atoms with Gasteiger partial charge in [0.15, 0.2) is 0 Å². The van der Waals surface area contributed by atoms with Crippen LogP contribution in [0.15, 0.2) is 36.7 Å². The number of aryl methyl sites for hydroxylation is 1. The number of H-pyrrole nitrogens is 1. The molecule has 0 amide bonds. The van der Waals surface area contributed by atoms with E-state index in [4.69, 9.17) is 0 Å². The van der Waals surface area contributed by atoms with E-state index in [1.807, 2.05) is 0 Å². The summed E-state index contributed by atoms with van der Waals surface area (Å²) in [6, 6.07) is 5.34. The predicted octanol–water partition coefficient (Wildman–Crippen LogP) is 3.16. The highest BCUT2D eigenvalue weighted by molar-refractivity contribution is 7.88.